The first-order valence-corrected chi connectivity index (χ1v) is 8.72. The van der Waals surface area contributed by atoms with E-state index < -0.39 is 0 Å². The molecular weight excluding hydrogens is 344 g/mol. The van der Waals surface area contributed by atoms with Crippen LogP contribution >= 0.6 is 0 Å². The van der Waals surface area contributed by atoms with Gasteiger partial charge in [0.25, 0.3) is 5.91 Å². The third-order valence-corrected chi connectivity index (χ3v) is 3.98. The predicted molar refractivity (Wildman–Crippen MR) is 104 cm³/mol. The highest BCUT2D eigenvalue weighted by Crippen LogP contribution is 2.32. The first kappa shape index (κ1) is 18.5. The standard InChI is InChI=1S/C21H22N2O4/c1-13(2)22-21(25)17-7-6-16(10-14(17)3)23-20(24)9-5-15-4-8-18-19(11-15)27-12-26-18/h4-11,13H,12H2,1-3H3,(H,22,25)(H,23,24)/b9-5+. The summed E-state index contributed by atoms with van der Waals surface area (Å²) in [5.74, 6) is 0.992. The zero-order valence-electron chi connectivity index (χ0n) is 15.5. The maximum absolute atomic E-state index is 12.2. The molecule has 3 rings (SSSR count). The summed E-state index contributed by atoms with van der Waals surface area (Å²) in [4.78, 5) is 24.3. The molecule has 1 heterocycles. The van der Waals surface area contributed by atoms with Gasteiger partial charge in [-0.05, 0) is 68.3 Å². The van der Waals surface area contributed by atoms with E-state index in [4.69, 9.17) is 9.47 Å². The molecule has 2 aromatic carbocycles. The highest BCUT2D eigenvalue weighted by molar-refractivity contribution is 6.02. The van der Waals surface area contributed by atoms with Crippen LogP contribution < -0.4 is 20.1 Å². The van der Waals surface area contributed by atoms with E-state index in [1.54, 1.807) is 24.3 Å². The summed E-state index contributed by atoms with van der Waals surface area (Å²) in [6.07, 6.45) is 3.15. The molecule has 0 aromatic heterocycles. The molecule has 1 aliphatic rings. The summed E-state index contributed by atoms with van der Waals surface area (Å²) in [6.45, 7) is 5.88. The Balaban J connectivity index is 1.64. The van der Waals surface area contributed by atoms with Gasteiger partial charge in [0.05, 0.1) is 0 Å². The molecule has 0 radical (unpaired) electrons. The van der Waals surface area contributed by atoms with Crippen molar-refractivity contribution in [3.8, 4) is 11.5 Å². The molecule has 140 valence electrons. The highest BCUT2D eigenvalue weighted by Gasteiger charge is 2.13. The van der Waals surface area contributed by atoms with Crippen LogP contribution in [0.4, 0.5) is 5.69 Å². The number of amides is 2. The lowest BCUT2D eigenvalue weighted by Gasteiger charge is -2.11. The topological polar surface area (TPSA) is 76.7 Å². The number of hydrogen-bond acceptors (Lipinski definition) is 4. The van der Waals surface area contributed by atoms with E-state index in [1.165, 1.54) is 6.08 Å². The van der Waals surface area contributed by atoms with E-state index in [1.807, 2.05) is 39.0 Å². The molecule has 27 heavy (non-hydrogen) atoms. The van der Waals surface area contributed by atoms with Crippen LogP contribution in [-0.4, -0.2) is 24.6 Å². The molecule has 6 heteroatoms. The van der Waals surface area contributed by atoms with Gasteiger partial charge in [0.2, 0.25) is 12.7 Å². The molecular formula is C21H22N2O4. The van der Waals surface area contributed by atoms with Crippen molar-refractivity contribution in [3.05, 3.63) is 59.2 Å². The van der Waals surface area contributed by atoms with Gasteiger partial charge in [0.1, 0.15) is 0 Å². The largest absolute Gasteiger partial charge is 0.454 e. The second-order valence-electron chi connectivity index (χ2n) is 6.59. The Labute approximate surface area is 158 Å². The van der Waals surface area contributed by atoms with E-state index in [9.17, 15) is 9.59 Å². The molecule has 0 unspecified atom stereocenters. The Hall–Kier alpha value is -3.28. The van der Waals surface area contributed by atoms with Crippen molar-refractivity contribution in [1.29, 1.82) is 0 Å². The number of ether oxygens (including phenoxy) is 2. The summed E-state index contributed by atoms with van der Waals surface area (Å²) in [5, 5.41) is 5.66. The van der Waals surface area contributed by atoms with Crippen molar-refractivity contribution in [2.75, 3.05) is 12.1 Å². The van der Waals surface area contributed by atoms with Gasteiger partial charge in [-0.1, -0.05) is 6.07 Å². The number of hydrogen-bond donors (Lipinski definition) is 2. The first-order chi connectivity index (χ1) is 12.9. The van der Waals surface area contributed by atoms with Crippen molar-refractivity contribution >= 4 is 23.6 Å². The van der Waals surface area contributed by atoms with Crippen LogP contribution in [0.2, 0.25) is 0 Å². The average Bonchev–Trinajstić information content (AvgIpc) is 3.07. The van der Waals surface area contributed by atoms with Gasteiger partial charge in [0.15, 0.2) is 11.5 Å². The average molecular weight is 366 g/mol. The molecule has 6 nitrogen and oxygen atoms in total. The van der Waals surface area contributed by atoms with Gasteiger partial charge in [-0.25, -0.2) is 0 Å². The molecule has 0 fully saturated rings. The normalized spacial score (nSPS) is 12.4. The lowest BCUT2D eigenvalue weighted by molar-refractivity contribution is -0.111. The van der Waals surface area contributed by atoms with Crippen LogP contribution in [0.5, 0.6) is 11.5 Å². The van der Waals surface area contributed by atoms with Gasteiger partial charge < -0.3 is 20.1 Å². The molecule has 0 spiro atoms. The fourth-order valence-corrected chi connectivity index (χ4v) is 2.71. The van der Waals surface area contributed by atoms with E-state index in [0.29, 0.717) is 22.7 Å². The monoisotopic (exact) mass is 366 g/mol. The van der Waals surface area contributed by atoms with Gasteiger partial charge >= 0.3 is 0 Å². The number of aryl methyl sites for hydroxylation is 1. The second kappa shape index (κ2) is 7.95. The minimum Gasteiger partial charge on any atom is -0.454 e. The highest BCUT2D eigenvalue weighted by atomic mass is 16.7. The zero-order valence-corrected chi connectivity index (χ0v) is 15.5. The Morgan fingerprint density at radius 2 is 1.85 bits per heavy atom. The van der Waals surface area contributed by atoms with Crippen molar-refractivity contribution in [1.82, 2.24) is 5.32 Å². The summed E-state index contributed by atoms with van der Waals surface area (Å²) in [7, 11) is 0. The van der Waals surface area contributed by atoms with E-state index in [2.05, 4.69) is 10.6 Å². The Kier molecular flexibility index (Phi) is 5.45. The van der Waals surface area contributed by atoms with E-state index >= 15 is 0 Å². The Bertz CT molecular complexity index is 903. The van der Waals surface area contributed by atoms with Crippen molar-refractivity contribution < 1.29 is 19.1 Å². The maximum Gasteiger partial charge on any atom is 0.251 e. The number of rotatable bonds is 5. The number of fused-ring (bicyclic) bond motifs is 1. The Morgan fingerprint density at radius 1 is 1.07 bits per heavy atom. The zero-order chi connectivity index (χ0) is 19.4. The van der Waals surface area contributed by atoms with Gasteiger partial charge in [0, 0.05) is 23.4 Å². The minimum absolute atomic E-state index is 0.0672. The summed E-state index contributed by atoms with van der Waals surface area (Å²) >= 11 is 0. The Morgan fingerprint density at radius 3 is 2.59 bits per heavy atom. The van der Waals surface area contributed by atoms with E-state index in [-0.39, 0.29) is 24.6 Å². The molecule has 1 aliphatic heterocycles. The van der Waals surface area contributed by atoms with Crippen molar-refractivity contribution in [2.24, 2.45) is 0 Å². The molecule has 0 saturated heterocycles. The molecule has 0 aliphatic carbocycles. The minimum atomic E-state index is -0.258. The SMILES string of the molecule is Cc1cc(NC(=O)/C=C/c2ccc3c(c2)OCO3)ccc1C(=O)NC(C)C. The van der Waals surface area contributed by atoms with Crippen LogP contribution in [0.15, 0.2) is 42.5 Å². The van der Waals surface area contributed by atoms with Crippen LogP contribution in [0.25, 0.3) is 6.08 Å². The van der Waals surface area contributed by atoms with Crippen LogP contribution in [0.1, 0.15) is 35.3 Å². The number of carbonyl (C=O) groups excluding carboxylic acids is 2. The van der Waals surface area contributed by atoms with Gasteiger partial charge in [-0.15, -0.1) is 0 Å². The molecule has 0 bridgehead atoms. The maximum atomic E-state index is 12.2. The smallest absolute Gasteiger partial charge is 0.251 e. The third-order valence-electron chi connectivity index (χ3n) is 3.98. The fraction of sp³-hybridized carbons (Fsp3) is 0.238. The molecule has 2 N–H and O–H groups in total. The molecule has 0 atom stereocenters. The fourth-order valence-electron chi connectivity index (χ4n) is 2.71. The number of nitrogens with one attached hydrogen (secondary N) is 2. The van der Waals surface area contributed by atoms with Crippen molar-refractivity contribution in [2.45, 2.75) is 26.8 Å². The van der Waals surface area contributed by atoms with Crippen molar-refractivity contribution in [3.63, 3.8) is 0 Å². The lowest BCUT2D eigenvalue weighted by atomic mass is 10.1. The summed E-state index contributed by atoms with van der Waals surface area (Å²) < 4.78 is 10.6. The van der Waals surface area contributed by atoms with Crippen LogP contribution in [-0.2, 0) is 4.79 Å². The third kappa shape index (κ3) is 4.67. The molecule has 0 saturated carbocycles. The first-order valence-electron chi connectivity index (χ1n) is 8.72. The molecule has 2 aromatic rings. The summed E-state index contributed by atoms with van der Waals surface area (Å²) in [6, 6.07) is 10.8. The van der Waals surface area contributed by atoms with Crippen LogP contribution in [0.3, 0.4) is 0 Å². The van der Waals surface area contributed by atoms with Gasteiger partial charge in [-0.3, -0.25) is 9.59 Å². The number of carbonyl (C=O) groups is 2. The van der Waals surface area contributed by atoms with Gasteiger partial charge in [-0.2, -0.15) is 0 Å². The number of anilines is 1. The second-order valence-corrected chi connectivity index (χ2v) is 6.59. The predicted octanol–water partition coefficient (Wildman–Crippen LogP) is 3.51. The van der Waals surface area contributed by atoms with Crippen LogP contribution in [0, 0.1) is 6.92 Å². The number of benzene rings is 2. The quantitative estimate of drug-likeness (QED) is 0.794. The summed E-state index contributed by atoms with van der Waals surface area (Å²) in [5.41, 5.74) is 2.86. The van der Waals surface area contributed by atoms with E-state index in [0.717, 1.165) is 11.1 Å². The lowest BCUT2D eigenvalue weighted by Crippen LogP contribution is -2.30. The molecule has 2 amide bonds.